The Hall–Kier alpha value is -2.25. The van der Waals surface area contributed by atoms with Crippen molar-refractivity contribution in [2.24, 2.45) is 0 Å². The normalized spacial score (nSPS) is 11.2. The zero-order valence-corrected chi connectivity index (χ0v) is 15.0. The van der Waals surface area contributed by atoms with Gasteiger partial charge in [-0.1, -0.05) is 15.9 Å². The standard InChI is InChI=1S/C17H17BrN2O4/c1-17(2,3)24-20-16(23)11-5-4-8-19-14(11)15(22)12-9-10(18)6-7-13(12)21/h4-9,21H,1-3H3,(H,20,23). The molecule has 0 atom stereocenters. The summed E-state index contributed by atoms with van der Waals surface area (Å²) < 4.78 is 0.627. The van der Waals surface area contributed by atoms with Crippen LogP contribution in [0.4, 0.5) is 0 Å². The van der Waals surface area contributed by atoms with E-state index in [0.717, 1.165) is 0 Å². The first-order chi connectivity index (χ1) is 11.2. The predicted octanol–water partition coefficient (Wildman–Crippen LogP) is 3.24. The number of hydrogen-bond donors (Lipinski definition) is 2. The fraction of sp³-hybridized carbons (Fsp3) is 0.235. The fourth-order valence-electron chi connectivity index (χ4n) is 1.84. The van der Waals surface area contributed by atoms with Gasteiger partial charge < -0.3 is 5.11 Å². The lowest BCUT2D eigenvalue weighted by molar-refractivity contribution is -0.0590. The number of ketones is 1. The Morgan fingerprint density at radius 2 is 1.92 bits per heavy atom. The maximum atomic E-state index is 12.7. The number of hydrogen-bond acceptors (Lipinski definition) is 5. The van der Waals surface area contributed by atoms with Crippen LogP contribution in [0.2, 0.25) is 0 Å². The third-order valence-electron chi connectivity index (χ3n) is 2.92. The first-order valence-electron chi connectivity index (χ1n) is 7.15. The third-order valence-corrected chi connectivity index (χ3v) is 3.41. The molecule has 0 unspecified atom stereocenters. The van der Waals surface area contributed by atoms with E-state index in [-0.39, 0.29) is 22.6 Å². The van der Waals surface area contributed by atoms with Gasteiger partial charge in [0, 0.05) is 10.7 Å². The molecule has 1 amide bonds. The number of carbonyl (C=O) groups excluding carboxylic acids is 2. The topological polar surface area (TPSA) is 88.5 Å². The largest absolute Gasteiger partial charge is 0.507 e. The van der Waals surface area contributed by atoms with E-state index < -0.39 is 17.3 Å². The van der Waals surface area contributed by atoms with Crippen molar-refractivity contribution in [2.45, 2.75) is 26.4 Å². The average Bonchev–Trinajstić information content (AvgIpc) is 2.53. The van der Waals surface area contributed by atoms with Crippen LogP contribution in [0.15, 0.2) is 41.0 Å². The number of pyridine rings is 1. The maximum Gasteiger partial charge on any atom is 0.277 e. The van der Waals surface area contributed by atoms with Gasteiger partial charge in [0.25, 0.3) is 5.91 Å². The van der Waals surface area contributed by atoms with E-state index in [9.17, 15) is 14.7 Å². The quantitative estimate of drug-likeness (QED) is 0.615. The monoisotopic (exact) mass is 392 g/mol. The molecule has 0 aliphatic carbocycles. The Kier molecular flexibility index (Phi) is 5.36. The molecule has 0 aliphatic rings. The van der Waals surface area contributed by atoms with E-state index in [1.54, 1.807) is 32.9 Å². The van der Waals surface area contributed by atoms with Crippen molar-refractivity contribution in [1.82, 2.24) is 10.5 Å². The van der Waals surface area contributed by atoms with Crippen LogP contribution in [0.5, 0.6) is 5.75 Å². The van der Waals surface area contributed by atoms with Crippen LogP contribution < -0.4 is 5.48 Å². The zero-order chi connectivity index (χ0) is 17.9. The van der Waals surface area contributed by atoms with Crippen molar-refractivity contribution >= 4 is 27.6 Å². The number of carbonyl (C=O) groups is 2. The highest BCUT2D eigenvalue weighted by molar-refractivity contribution is 9.10. The van der Waals surface area contributed by atoms with Crippen molar-refractivity contribution in [3.8, 4) is 5.75 Å². The van der Waals surface area contributed by atoms with E-state index in [1.807, 2.05) is 0 Å². The van der Waals surface area contributed by atoms with Crippen LogP contribution >= 0.6 is 15.9 Å². The van der Waals surface area contributed by atoms with Gasteiger partial charge in [-0.15, -0.1) is 0 Å². The Morgan fingerprint density at radius 1 is 1.21 bits per heavy atom. The number of nitrogens with one attached hydrogen (secondary N) is 1. The molecule has 0 radical (unpaired) electrons. The number of amides is 1. The molecular formula is C17H17BrN2O4. The van der Waals surface area contributed by atoms with Gasteiger partial charge in [0.1, 0.15) is 11.4 Å². The van der Waals surface area contributed by atoms with E-state index in [0.29, 0.717) is 4.47 Å². The molecule has 1 aromatic heterocycles. The van der Waals surface area contributed by atoms with E-state index in [4.69, 9.17) is 4.84 Å². The summed E-state index contributed by atoms with van der Waals surface area (Å²) in [5.74, 6) is -1.34. The molecule has 2 aromatic rings. The van der Waals surface area contributed by atoms with E-state index in [2.05, 4.69) is 26.4 Å². The van der Waals surface area contributed by atoms with Crippen molar-refractivity contribution in [2.75, 3.05) is 0 Å². The first kappa shape index (κ1) is 18.1. The molecular weight excluding hydrogens is 376 g/mol. The summed E-state index contributed by atoms with van der Waals surface area (Å²) in [7, 11) is 0. The number of halogens is 1. The van der Waals surface area contributed by atoms with Gasteiger partial charge in [0.05, 0.1) is 16.7 Å². The Balaban J connectivity index is 2.36. The molecule has 0 saturated heterocycles. The van der Waals surface area contributed by atoms with Crippen LogP contribution in [0.1, 0.15) is 47.2 Å². The van der Waals surface area contributed by atoms with Gasteiger partial charge in [-0.25, -0.2) is 5.48 Å². The third kappa shape index (κ3) is 4.39. The number of benzene rings is 1. The molecule has 0 fully saturated rings. The van der Waals surface area contributed by atoms with Crippen LogP contribution in [0, 0.1) is 0 Å². The molecule has 6 nitrogen and oxygen atoms in total. The minimum Gasteiger partial charge on any atom is -0.507 e. The molecule has 2 rings (SSSR count). The molecule has 24 heavy (non-hydrogen) atoms. The minimum absolute atomic E-state index is 0.0499. The molecule has 0 spiro atoms. The van der Waals surface area contributed by atoms with Gasteiger partial charge in [0.2, 0.25) is 5.78 Å². The molecule has 1 aromatic carbocycles. The number of aromatic nitrogens is 1. The summed E-state index contributed by atoms with van der Waals surface area (Å²) in [6.45, 7) is 5.34. The van der Waals surface area contributed by atoms with Gasteiger partial charge in [-0.2, -0.15) is 0 Å². The summed E-state index contributed by atoms with van der Waals surface area (Å²) in [5.41, 5.74) is 1.77. The number of nitrogens with zero attached hydrogens (tertiary/aromatic N) is 1. The summed E-state index contributed by atoms with van der Waals surface area (Å²) in [5, 5.41) is 9.91. The predicted molar refractivity (Wildman–Crippen MR) is 91.8 cm³/mol. The Labute approximate surface area is 148 Å². The van der Waals surface area contributed by atoms with E-state index in [1.165, 1.54) is 24.4 Å². The smallest absolute Gasteiger partial charge is 0.277 e. The second kappa shape index (κ2) is 7.11. The first-order valence-corrected chi connectivity index (χ1v) is 7.95. The molecule has 0 bridgehead atoms. The Bertz CT molecular complexity index is 784. The Morgan fingerprint density at radius 3 is 2.58 bits per heavy atom. The molecule has 0 saturated carbocycles. The van der Waals surface area contributed by atoms with Crippen molar-refractivity contribution in [3.63, 3.8) is 0 Å². The SMILES string of the molecule is CC(C)(C)ONC(=O)c1cccnc1C(=O)c1cc(Br)ccc1O. The van der Waals surface area contributed by atoms with Crippen LogP contribution in [-0.4, -0.2) is 27.4 Å². The molecule has 126 valence electrons. The highest BCUT2D eigenvalue weighted by Gasteiger charge is 2.23. The second-order valence-electron chi connectivity index (χ2n) is 6.04. The van der Waals surface area contributed by atoms with Crippen molar-refractivity contribution < 1.29 is 19.5 Å². The van der Waals surface area contributed by atoms with Crippen molar-refractivity contribution in [1.29, 1.82) is 0 Å². The van der Waals surface area contributed by atoms with Gasteiger partial charge >= 0.3 is 0 Å². The fourth-order valence-corrected chi connectivity index (χ4v) is 2.20. The summed E-state index contributed by atoms with van der Waals surface area (Å²) in [6.07, 6.45) is 1.41. The number of phenols is 1. The summed E-state index contributed by atoms with van der Waals surface area (Å²) in [4.78, 5) is 34.2. The second-order valence-corrected chi connectivity index (χ2v) is 6.95. The van der Waals surface area contributed by atoms with Crippen LogP contribution in [-0.2, 0) is 4.84 Å². The summed E-state index contributed by atoms with van der Waals surface area (Å²) in [6, 6.07) is 7.48. The van der Waals surface area contributed by atoms with Crippen LogP contribution in [0.25, 0.3) is 0 Å². The van der Waals surface area contributed by atoms with Gasteiger partial charge in [-0.3, -0.25) is 19.4 Å². The van der Waals surface area contributed by atoms with Gasteiger partial charge in [0.15, 0.2) is 0 Å². The molecule has 2 N–H and O–H groups in total. The van der Waals surface area contributed by atoms with E-state index >= 15 is 0 Å². The number of phenolic OH excluding ortho intramolecular Hbond substituents is 1. The van der Waals surface area contributed by atoms with Gasteiger partial charge in [-0.05, 0) is 51.1 Å². The van der Waals surface area contributed by atoms with Crippen LogP contribution in [0.3, 0.4) is 0 Å². The number of rotatable bonds is 4. The average molecular weight is 393 g/mol. The lowest BCUT2D eigenvalue weighted by Crippen LogP contribution is -2.34. The lowest BCUT2D eigenvalue weighted by atomic mass is 10.0. The van der Waals surface area contributed by atoms with Crippen molar-refractivity contribution in [3.05, 3.63) is 57.8 Å². The molecule has 7 heteroatoms. The number of aromatic hydroxyl groups is 1. The lowest BCUT2D eigenvalue weighted by Gasteiger charge is -2.19. The summed E-state index contributed by atoms with van der Waals surface area (Å²) >= 11 is 3.25. The maximum absolute atomic E-state index is 12.7. The number of hydroxylamine groups is 1. The highest BCUT2D eigenvalue weighted by Crippen LogP contribution is 2.25. The highest BCUT2D eigenvalue weighted by atomic mass is 79.9. The zero-order valence-electron chi connectivity index (χ0n) is 13.5. The minimum atomic E-state index is -0.587. The molecule has 1 heterocycles. The molecule has 0 aliphatic heterocycles.